The molecule has 0 unspecified atom stereocenters. The number of rotatable bonds is 5. The molecule has 1 aromatic carbocycles. The van der Waals surface area contributed by atoms with Gasteiger partial charge in [-0.1, -0.05) is 17.7 Å². The fourth-order valence-corrected chi connectivity index (χ4v) is 8.11. The number of hydrogen-bond donors (Lipinski definition) is 0. The van der Waals surface area contributed by atoms with E-state index in [4.69, 9.17) is 26.1 Å². The zero-order valence-electron chi connectivity index (χ0n) is 23.5. The Balaban J connectivity index is 1.38. The van der Waals surface area contributed by atoms with Crippen LogP contribution in [0.25, 0.3) is 10.9 Å². The molecule has 0 N–H and O–H groups in total. The number of fused-ring (bicyclic) bond motifs is 4. The number of piperazine rings is 1. The van der Waals surface area contributed by atoms with E-state index in [2.05, 4.69) is 37.3 Å². The van der Waals surface area contributed by atoms with Crippen molar-refractivity contribution in [3.63, 3.8) is 0 Å². The van der Waals surface area contributed by atoms with Gasteiger partial charge in [0.2, 0.25) is 0 Å². The number of aromatic nitrogens is 2. The summed E-state index contributed by atoms with van der Waals surface area (Å²) in [5, 5.41) is 0.383. The lowest BCUT2D eigenvalue weighted by Crippen LogP contribution is -2.61. The molecule has 0 aliphatic carbocycles. The maximum atomic E-state index is 15.5. The lowest BCUT2D eigenvalue weighted by atomic mass is 9.95. The molecule has 2 bridgehead atoms. The number of nitrogens with zero attached hydrogens (tertiary/aromatic N) is 5. The molecule has 41 heavy (non-hydrogen) atoms. The number of benzene rings is 1. The standard InChI is InChI=1S/C29H35BrClF2N5O3/c1-5-20-21-8-7-17(38(21)27(39)41-28(2,3)4)14-37(20)25-22-18(30)11-19(31)23(33)24(22)34-26(35-25)40-15-29-9-6-10-36(29)13-16(32)12-29/h5,11,16-17,20-21H,1,6-10,12-15H2,2-4H3/t16-,17-,20-,21+,29+/m1/s1. The van der Waals surface area contributed by atoms with Gasteiger partial charge in [-0.3, -0.25) is 9.80 Å². The Labute approximate surface area is 252 Å². The fraction of sp³-hybridized carbons (Fsp3) is 0.621. The molecule has 2 aromatic rings. The number of hydrogen-bond acceptors (Lipinski definition) is 7. The summed E-state index contributed by atoms with van der Waals surface area (Å²) in [5.74, 6) is -0.206. The Morgan fingerprint density at radius 2 is 2.10 bits per heavy atom. The molecule has 222 valence electrons. The molecule has 1 amide bonds. The molecule has 4 aliphatic rings. The van der Waals surface area contributed by atoms with Crippen molar-refractivity contribution in [3.8, 4) is 6.01 Å². The van der Waals surface area contributed by atoms with Crippen molar-refractivity contribution in [2.45, 2.75) is 88.3 Å². The predicted octanol–water partition coefficient (Wildman–Crippen LogP) is 6.28. The van der Waals surface area contributed by atoms with Crippen LogP contribution in [0.4, 0.5) is 19.4 Å². The highest BCUT2D eigenvalue weighted by Gasteiger charge is 2.51. The van der Waals surface area contributed by atoms with Gasteiger partial charge in [0.05, 0.1) is 34.1 Å². The third-order valence-corrected chi connectivity index (χ3v) is 9.74. The minimum atomic E-state index is -0.899. The van der Waals surface area contributed by atoms with E-state index in [0.29, 0.717) is 35.2 Å². The summed E-state index contributed by atoms with van der Waals surface area (Å²) in [7, 11) is 0. The lowest BCUT2D eigenvalue weighted by molar-refractivity contribution is 0.00953. The number of alkyl halides is 1. The number of amides is 1. The van der Waals surface area contributed by atoms with Gasteiger partial charge in [0.15, 0.2) is 5.82 Å². The summed E-state index contributed by atoms with van der Waals surface area (Å²) in [6.07, 6.45) is 4.31. The number of carbonyl (C=O) groups is 1. The van der Waals surface area contributed by atoms with Crippen LogP contribution >= 0.6 is 27.5 Å². The van der Waals surface area contributed by atoms with E-state index in [1.54, 1.807) is 6.08 Å². The second-order valence-corrected chi connectivity index (χ2v) is 13.9. The fourth-order valence-electron chi connectivity index (χ4n) is 7.18. The van der Waals surface area contributed by atoms with Gasteiger partial charge in [-0.15, -0.1) is 6.58 Å². The molecular formula is C29H35BrClF2N5O3. The summed E-state index contributed by atoms with van der Waals surface area (Å²) in [5.41, 5.74) is -0.999. The highest BCUT2D eigenvalue weighted by Crippen LogP contribution is 2.44. The van der Waals surface area contributed by atoms with Crippen LogP contribution < -0.4 is 9.64 Å². The molecule has 4 saturated heterocycles. The van der Waals surface area contributed by atoms with Gasteiger partial charge in [-0.25, -0.2) is 13.6 Å². The second kappa shape index (κ2) is 10.5. The highest BCUT2D eigenvalue weighted by molar-refractivity contribution is 9.10. The topological polar surface area (TPSA) is 71.0 Å². The van der Waals surface area contributed by atoms with Crippen molar-refractivity contribution in [2.75, 3.05) is 31.1 Å². The van der Waals surface area contributed by atoms with Crippen LogP contribution in [0.1, 0.15) is 52.9 Å². The van der Waals surface area contributed by atoms with Gasteiger partial charge in [0.25, 0.3) is 0 Å². The smallest absolute Gasteiger partial charge is 0.410 e. The Morgan fingerprint density at radius 3 is 2.83 bits per heavy atom. The van der Waals surface area contributed by atoms with Crippen LogP contribution in [-0.4, -0.2) is 87.5 Å². The van der Waals surface area contributed by atoms with E-state index in [1.165, 1.54) is 6.07 Å². The Bertz CT molecular complexity index is 1390. The van der Waals surface area contributed by atoms with E-state index in [9.17, 15) is 9.18 Å². The lowest BCUT2D eigenvalue weighted by Gasteiger charge is -2.46. The third-order valence-electron chi connectivity index (χ3n) is 8.84. The van der Waals surface area contributed by atoms with Crippen molar-refractivity contribution in [2.24, 2.45) is 0 Å². The Morgan fingerprint density at radius 1 is 1.32 bits per heavy atom. The molecule has 4 fully saturated rings. The monoisotopic (exact) mass is 653 g/mol. The van der Waals surface area contributed by atoms with Crippen LogP contribution in [0.2, 0.25) is 5.02 Å². The van der Waals surface area contributed by atoms with E-state index in [-0.39, 0.29) is 47.4 Å². The van der Waals surface area contributed by atoms with Gasteiger partial charge in [0.1, 0.15) is 29.7 Å². The van der Waals surface area contributed by atoms with Gasteiger partial charge < -0.3 is 14.4 Å². The van der Waals surface area contributed by atoms with Crippen LogP contribution in [0, 0.1) is 5.82 Å². The van der Waals surface area contributed by atoms with Gasteiger partial charge >= 0.3 is 12.1 Å². The summed E-state index contributed by atoms with van der Waals surface area (Å²) < 4.78 is 42.3. The Kier molecular flexibility index (Phi) is 7.38. The van der Waals surface area contributed by atoms with E-state index in [1.807, 2.05) is 25.7 Å². The molecular weight excluding hydrogens is 620 g/mol. The summed E-state index contributed by atoms with van der Waals surface area (Å²) in [6, 6.07) is 0.869. The number of carbonyl (C=O) groups excluding carboxylic acids is 1. The predicted molar refractivity (Wildman–Crippen MR) is 157 cm³/mol. The Hall–Kier alpha value is -2.24. The summed E-state index contributed by atoms with van der Waals surface area (Å²) >= 11 is 9.79. The van der Waals surface area contributed by atoms with Gasteiger partial charge in [0, 0.05) is 24.0 Å². The van der Waals surface area contributed by atoms with Crippen molar-refractivity contribution >= 4 is 50.3 Å². The van der Waals surface area contributed by atoms with Crippen molar-refractivity contribution in [1.29, 1.82) is 0 Å². The normalized spacial score (nSPS) is 29.7. The van der Waals surface area contributed by atoms with E-state index in [0.717, 1.165) is 32.2 Å². The first-order valence-corrected chi connectivity index (χ1v) is 15.4. The number of halogens is 4. The van der Waals surface area contributed by atoms with Crippen molar-refractivity contribution in [1.82, 2.24) is 19.8 Å². The highest BCUT2D eigenvalue weighted by atomic mass is 79.9. The zero-order chi connectivity index (χ0) is 29.3. The maximum Gasteiger partial charge on any atom is 0.410 e. The summed E-state index contributed by atoms with van der Waals surface area (Å²) in [4.78, 5) is 28.5. The molecule has 1 aromatic heterocycles. The maximum absolute atomic E-state index is 15.5. The molecule has 5 heterocycles. The minimum Gasteiger partial charge on any atom is -0.461 e. The quantitative estimate of drug-likeness (QED) is 0.278. The van der Waals surface area contributed by atoms with E-state index < -0.39 is 23.1 Å². The van der Waals surface area contributed by atoms with Crippen LogP contribution in [0.3, 0.4) is 0 Å². The molecule has 4 aliphatic heterocycles. The van der Waals surface area contributed by atoms with Gasteiger partial charge in [-0.05, 0) is 75.0 Å². The molecule has 5 atom stereocenters. The number of ether oxygens (including phenoxy) is 2. The zero-order valence-corrected chi connectivity index (χ0v) is 25.8. The minimum absolute atomic E-state index is 0.00818. The third kappa shape index (κ3) is 5.05. The average molecular weight is 655 g/mol. The molecule has 8 nitrogen and oxygen atoms in total. The molecule has 12 heteroatoms. The molecule has 0 spiro atoms. The molecule has 0 saturated carbocycles. The SMILES string of the molecule is C=C[C@@H]1[C@@H]2CC[C@H](CN1c1nc(OC[C@@]34CCCN3C[C@H](F)C4)nc3c(F)c(Cl)cc(Br)c13)N2C(=O)OC(C)(C)C. The first kappa shape index (κ1) is 28.9. The first-order valence-electron chi connectivity index (χ1n) is 14.2. The van der Waals surface area contributed by atoms with Crippen LogP contribution in [0.15, 0.2) is 23.2 Å². The van der Waals surface area contributed by atoms with E-state index >= 15 is 4.39 Å². The second-order valence-electron chi connectivity index (χ2n) is 12.6. The first-order chi connectivity index (χ1) is 19.4. The number of anilines is 1. The average Bonchev–Trinajstić information content (AvgIpc) is 3.53. The largest absolute Gasteiger partial charge is 0.461 e. The molecule has 6 rings (SSSR count). The van der Waals surface area contributed by atoms with Crippen LogP contribution in [-0.2, 0) is 4.74 Å². The van der Waals surface area contributed by atoms with Gasteiger partial charge in [-0.2, -0.15) is 9.97 Å². The molecule has 0 radical (unpaired) electrons. The van der Waals surface area contributed by atoms with Crippen LogP contribution in [0.5, 0.6) is 6.01 Å². The van der Waals surface area contributed by atoms with Crippen molar-refractivity contribution in [3.05, 3.63) is 34.0 Å². The summed E-state index contributed by atoms with van der Waals surface area (Å²) in [6.45, 7) is 11.5. The van der Waals surface area contributed by atoms with Crippen molar-refractivity contribution < 1.29 is 23.0 Å².